The van der Waals surface area contributed by atoms with Gasteiger partial charge in [-0.05, 0) is 44.9 Å². The van der Waals surface area contributed by atoms with E-state index in [2.05, 4.69) is 6.58 Å². The number of fused-ring (bicyclic) bond motifs is 3. The first-order valence-electron chi connectivity index (χ1n) is 7.55. The summed E-state index contributed by atoms with van der Waals surface area (Å²) in [6, 6.07) is 1.72. The maximum atomic E-state index is 10.2. The minimum atomic E-state index is 0.220. The second-order valence-corrected chi connectivity index (χ2v) is 6.14. The number of hydrogen-bond acceptors (Lipinski definition) is 4. The van der Waals surface area contributed by atoms with Gasteiger partial charge in [0.25, 0.3) is 0 Å². The molecule has 0 fully saturated rings. The van der Waals surface area contributed by atoms with Crippen LogP contribution in [0.5, 0.6) is 28.7 Å². The van der Waals surface area contributed by atoms with Crippen molar-refractivity contribution in [3.05, 3.63) is 46.0 Å². The fourth-order valence-electron chi connectivity index (χ4n) is 3.50. The van der Waals surface area contributed by atoms with Gasteiger partial charge in [0.1, 0.15) is 17.2 Å². The molecule has 2 aliphatic heterocycles. The Morgan fingerprint density at radius 1 is 0.870 bits per heavy atom. The smallest absolute Gasteiger partial charge is 0.231 e. The quantitative estimate of drug-likeness (QED) is 0.663. The molecule has 0 aliphatic carbocycles. The molecule has 0 saturated carbocycles. The first-order chi connectivity index (χ1) is 10.9. The molecule has 0 radical (unpaired) electrons. The van der Waals surface area contributed by atoms with Gasteiger partial charge in [-0.15, -0.1) is 0 Å². The molecule has 0 unspecified atom stereocenters. The maximum Gasteiger partial charge on any atom is 0.231 e. The highest BCUT2D eigenvalue weighted by Gasteiger charge is 2.33. The number of phenols is 1. The number of aryl methyl sites for hydroxylation is 1. The van der Waals surface area contributed by atoms with Crippen LogP contribution in [0.1, 0.15) is 33.4 Å². The van der Waals surface area contributed by atoms with Crippen LogP contribution in [-0.2, 0) is 0 Å². The van der Waals surface area contributed by atoms with Gasteiger partial charge >= 0.3 is 0 Å². The second-order valence-electron chi connectivity index (χ2n) is 6.14. The summed E-state index contributed by atoms with van der Waals surface area (Å²) in [4.78, 5) is 0. The highest BCUT2D eigenvalue weighted by Crippen LogP contribution is 2.55. The van der Waals surface area contributed by atoms with E-state index in [0.29, 0.717) is 0 Å². The molecule has 0 bridgehead atoms. The fourth-order valence-corrected chi connectivity index (χ4v) is 3.50. The summed E-state index contributed by atoms with van der Waals surface area (Å²) in [7, 11) is 0. The molecule has 4 nitrogen and oxygen atoms in total. The minimum absolute atomic E-state index is 0.220. The largest absolute Gasteiger partial charge is 0.508 e. The lowest BCUT2D eigenvalue weighted by atomic mass is 9.86. The van der Waals surface area contributed by atoms with Crippen molar-refractivity contribution in [1.29, 1.82) is 0 Å². The third kappa shape index (κ3) is 1.66. The van der Waals surface area contributed by atoms with Crippen LogP contribution >= 0.6 is 0 Å². The maximum absolute atomic E-state index is 10.2. The zero-order chi connectivity index (χ0) is 16.5. The zero-order valence-corrected chi connectivity index (χ0v) is 13.7. The van der Waals surface area contributed by atoms with Crippen LogP contribution in [0.15, 0.2) is 12.6 Å². The summed E-state index contributed by atoms with van der Waals surface area (Å²) >= 11 is 0. The lowest BCUT2D eigenvalue weighted by Gasteiger charge is -2.29. The molecular formula is C19H18O4. The highest BCUT2D eigenvalue weighted by molar-refractivity contribution is 5.93. The lowest BCUT2D eigenvalue weighted by molar-refractivity contribution is 0.173. The van der Waals surface area contributed by atoms with Crippen molar-refractivity contribution < 1.29 is 19.3 Å². The molecule has 2 aromatic carbocycles. The van der Waals surface area contributed by atoms with Gasteiger partial charge in [0.05, 0.1) is 0 Å². The molecule has 118 valence electrons. The van der Waals surface area contributed by atoms with Gasteiger partial charge in [-0.3, -0.25) is 0 Å². The molecule has 2 aromatic rings. The lowest BCUT2D eigenvalue weighted by Crippen LogP contribution is -2.09. The Bertz CT molecular complexity index is 893. The SMILES string of the molecule is C=C1c2c(C)c(O)cc(C)c2Oc2c(C)c3c(c(C)c21)OCO3. The van der Waals surface area contributed by atoms with Crippen molar-refractivity contribution >= 4 is 5.57 Å². The van der Waals surface area contributed by atoms with Gasteiger partial charge in [0.2, 0.25) is 6.79 Å². The van der Waals surface area contributed by atoms with Crippen LogP contribution in [0, 0.1) is 27.7 Å². The average Bonchev–Trinajstić information content (AvgIpc) is 3.00. The molecule has 0 spiro atoms. The Morgan fingerprint density at radius 3 is 2.17 bits per heavy atom. The first kappa shape index (κ1) is 14.0. The molecule has 4 rings (SSSR count). The van der Waals surface area contributed by atoms with Crippen molar-refractivity contribution in [3.8, 4) is 28.7 Å². The molecule has 2 aliphatic rings. The molecule has 0 aromatic heterocycles. The molecule has 0 atom stereocenters. The van der Waals surface area contributed by atoms with Crippen LogP contribution < -0.4 is 14.2 Å². The highest BCUT2D eigenvalue weighted by atomic mass is 16.7. The third-order valence-electron chi connectivity index (χ3n) is 4.74. The predicted octanol–water partition coefficient (Wildman–Crippen LogP) is 4.52. The molecule has 1 N–H and O–H groups in total. The Hall–Kier alpha value is -2.62. The zero-order valence-electron chi connectivity index (χ0n) is 13.7. The second kappa shape index (κ2) is 4.44. The van der Waals surface area contributed by atoms with Crippen LogP contribution in [-0.4, -0.2) is 11.9 Å². The number of benzene rings is 2. The van der Waals surface area contributed by atoms with Crippen molar-refractivity contribution in [2.75, 3.05) is 6.79 Å². The number of ether oxygens (including phenoxy) is 3. The first-order valence-corrected chi connectivity index (χ1v) is 7.55. The van der Waals surface area contributed by atoms with E-state index < -0.39 is 0 Å². The molecule has 0 saturated heterocycles. The summed E-state index contributed by atoms with van der Waals surface area (Å²) < 4.78 is 17.5. The monoisotopic (exact) mass is 310 g/mol. The standard InChI is InChI=1S/C19H18O4/c1-8-6-13(20)9(2)14-10(3)15-11(4)18-19(22-7-21-18)12(5)17(15)23-16(8)14/h6,20H,3,7H2,1-2,4-5H3. The van der Waals surface area contributed by atoms with E-state index in [1.807, 2.05) is 27.7 Å². The fraction of sp³-hybridized carbons (Fsp3) is 0.263. The van der Waals surface area contributed by atoms with Gasteiger partial charge < -0.3 is 19.3 Å². The number of phenolic OH excluding ortho intramolecular Hbond substituents is 1. The van der Waals surface area contributed by atoms with E-state index in [1.165, 1.54) is 0 Å². The minimum Gasteiger partial charge on any atom is -0.508 e. The van der Waals surface area contributed by atoms with Gasteiger partial charge in [-0.2, -0.15) is 0 Å². The van der Waals surface area contributed by atoms with E-state index in [0.717, 1.165) is 62.0 Å². The van der Waals surface area contributed by atoms with Gasteiger partial charge in [-0.25, -0.2) is 0 Å². The van der Waals surface area contributed by atoms with Crippen LogP contribution in [0.4, 0.5) is 0 Å². The average molecular weight is 310 g/mol. The van der Waals surface area contributed by atoms with Crippen LogP contribution in [0.25, 0.3) is 5.57 Å². The normalized spacial score (nSPS) is 14.3. The summed E-state index contributed by atoms with van der Waals surface area (Å²) in [6.45, 7) is 12.2. The van der Waals surface area contributed by atoms with E-state index in [9.17, 15) is 5.11 Å². The van der Waals surface area contributed by atoms with Crippen molar-refractivity contribution in [3.63, 3.8) is 0 Å². The van der Waals surface area contributed by atoms with Gasteiger partial charge in [0.15, 0.2) is 11.5 Å². The van der Waals surface area contributed by atoms with Crippen LogP contribution in [0.3, 0.4) is 0 Å². The van der Waals surface area contributed by atoms with Gasteiger partial charge in [-0.1, -0.05) is 6.58 Å². The molecule has 4 heteroatoms. The topological polar surface area (TPSA) is 47.9 Å². The van der Waals surface area contributed by atoms with Crippen molar-refractivity contribution in [1.82, 2.24) is 0 Å². The van der Waals surface area contributed by atoms with E-state index in [4.69, 9.17) is 14.2 Å². The van der Waals surface area contributed by atoms with E-state index >= 15 is 0 Å². The summed E-state index contributed by atoms with van der Waals surface area (Å²) in [5.41, 5.74) is 6.14. The predicted molar refractivity (Wildman–Crippen MR) is 87.8 cm³/mol. The molecule has 2 heterocycles. The van der Waals surface area contributed by atoms with E-state index in [-0.39, 0.29) is 12.5 Å². The van der Waals surface area contributed by atoms with Crippen LogP contribution in [0.2, 0.25) is 0 Å². The van der Waals surface area contributed by atoms with E-state index in [1.54, 1.807) is 6.07 Å². The summed E-state index contributed by atoms with van der Waals surface area (Å²) in [6.07, 6.45) is 0. The number of hydrogen-bond donors (Lipinski definition) is 1. The van der Waals surface area contributed by atoms with Crippen molar-refractivity contribution in [2.24, 2.45) is 0 Å². The Morgan fingerprint density at radius 2 is 1.48 bits per heavy atom. The third-order valence-corrected chi connectivity index (χ3v) is 4.74. The molecule has 0 amide bonds. The Balaban J connectivity index is 2.06. The summed E-state index contributed by atoms with van der Waals surface area (Å²) in [5.74, 6) is 3.26. The number of aromatic hydroxyl groups is 1. The Kier molecular flexibility index (Phi) is 2.71. The number of rotatable bonds is 0. The molecule has 23 heavy (non-hydrogen) atoms. The van der Waals surface area contributed by atoms with Gasteiger partial charge in [0, 0.05) is 27.8 Å². The Labute approximate surface area is 134 Å². The van der Waals surface area contributed by atoms with Crippen molar-refractivity contribution in [2.45, 2.75) is 27.7 Å². The summed E-state index contributed by atoms with van der Waals surface area (Å²) in [5, 5.41) is 10.2. The molecular weight excluding hydrogens is 292 g/mol.